The largest absolute Gasteiger partial charge is 0.379 e. The van der Waals surface area contributed by atoms with Crippen LogP contribution in [0.3, 0.4) is 0 Å². The van der Waals surface area contributed by atoms with Gasteiger partial charge in [-0.1, -0.05) is 20.8 Å². The van der Waals surface area contributed by atoms with Crippen LogP contribution in [0.2, 0.25) is 0 Å². The van der Waals surface area contributed by atoms with Crippen molar-refractivity contribution in [1.29, 1.82) is 5.26 Å². The second kappa shape index (κ2) is 5.99. The summed E-state index contributed by atoms with van der Waals surface area (Å²) in [6, 6.07) is 12.1. The molecule has 0 atom stereocenters. The molecule has 0 bridgehead atoms. The summed E-state index contributed by atoms with van der Waals surface area (Å²) >= 11 is 5.33. The van der Waals surface area contributed by atoms with Gasteiger partial charge in [-0.15, -0.1) is 11.3 Å². The van der Waals surface area contributed by atoms with Crippen LogP contribution in [0.1, 0.15) is 36.1 Å². The standard InChI is InChI=1S/C16H17BrN2S/c1-16(2,3)15-7-5-12(20-15)10-19-14-6-4-11(9-18)8-13(14)17/h4-8,19H,10H2,1-3H3. The monoisotopic (exact) mass is 348 g/mol. The average Bonchev–Trinajstić information content (AvgIpc) is 2.86. The van der Waals surface area contributed by atoms with E-state index >= 15 is 0 Å². The quantitative estimate of drug-likeness (QED) is 0.817. The summed E-state index contributed by atoms with van der Waals surface area (Å²) in [5, 5.41) is 12.2. The fourth-order valence-electron chi connectivity index (χ4n) is 1.79. The lowest BCUT2D eigenvalue weighted by Gasteiger charge is -2.15. The van der Waals surface area contributed by atoms with Crippen LogP contribution in [0.25, 0.3) is 0 Å². The molecule has 2 aromatic rings. The molecule has 0 saturated heterocycles. The maximum absolute atomic E-state index is 8.85. The Labute approximate surface area is 132 Å². The SMILES string of the molecule is CC(C)(C)c1ccc(CNc2ccc(C#N)cc2Br)s1. The topological polar surface area (TPSA) is 35.8 Å². The van der Waals surface area contributed by atoms with Crippen LogP contribution >= 0.6 is 27.3 Å². The minimum absolute atomic E-state index is 0.206. The van der Waals surface area contributed by atoms with Gasteiger partial charge in [-0.25, -0.2) is 0 Å². The van der Waals surface area contributed by atoms with Crippen molar-refractivity contribution >= 4 is 33.0 Å². The number of hydrogen-bond acceptors (Lipinski definition) is 3. The predicted octanol–water partition coefficient (Wildman–Crippen LogP) is 5.29. The summed E-state index contributed by atoms with van der Waals surface area (Å²) in [6.45, 7) is 7.49. The number of nitrogens with one attached hydrogen (secondary N) is 1. The molecular weight excluding hydrogens is 332 g/mol. The average molecular weight is 349 g/mol. The van der Waals surface area contributed by atoms with Crippen molar-refractivity contribution in [3.63, 3.8) is 0 Å². The highest BCUT2D eigenvalue weighted by molar-refractivity contribution is 9.10. The van der Waals surface area contributed by atoms with Crippen molar-refractivity contribution < 1.29 is 0 Å². The van der Waals surface area contributed by atoms with Crippen LogP contribution < -0.4 is 5.32 Å². The van der Waals surface area contributed by atoms with Gasteiger partial charge in [-0.3, -0.25) is 0 Å². The fourth-order valence-corrected chi connectivity index (χ4v) is 3.31. The zero-order valence-electron chi connectivity index (χ0n) is 11.8. The Kier molecular flexibility index (Phi) is 4.52. The molecule has 0 saturated carbocycles. The molecule has 104 valence electrons. The molecule has 0 spiro atoms. The lowest BCUT2D eigenvalue weighted by atomic mass is 9.95. The Morgan fingerprint density at radius 1 is 1.25 bits per heavy atom. The van der Waals surface area contributed by atoms with Crippen molar-refractivity contribution in [2.45, 2.75) is 32.7 Å². The number of hydrogen-bond donors (Lipinski definition) is 1. The van der Waals surface area contributed by atoms with Crippen molar-refractivity contribution in [3.8, 4) is 6.07 Å². The third-order valence-electron chi connectivity index (χ3n) is 2.95. The van der Waals surface area contributed by atoms with E-state index in [4.69, 9.17) is 5.26 Å². The summed E-state index contributed by atoms with van der Waals surface area (Å²) in [6.07, 6.45) is 0. The number of nitrogens with zero attached hydrogens (tertiary/aromatic N) is 1. The highest BCUT2D eigenvalue weighted by Gasteiger charge is 2.15. The molecule has 2 rings (SSSR count). The summed E-state index contributed by atoms with van der Waals surface area (Å²) < 4.78 is 0.921. The van der Waals surface area contributed by atoms with Crippen LogP contribution in [0.15, 0.2) is 34.8 Å². The van der Waals surface area contributed by atoms with Gasteiger partial charge in [-0.05, 0) is 51.7 Å². The van der Waals surface area contributed by atoms with Crippen molar-refractivity contribution in [2.24, 2.45) is 0 Å². The molecule has 20 heavy (non-hydrogen) atoms. The molecule has 4 heteroatoms. The molecule has 0 aliphatic carbocycles. The van der Waals surface area contributed by atoms with E-state index in [9.17, 15) is 0 Å². The molecule has 1 N–H and O–H groups in total. The Morgan fingerprint density at radius 2 is 2.00 bits per heavy atom. The second-order valence-electron chi connectivity index (χ2n) is 5.68. The highest BCUT2D eigenvalue weighted by Crippen LogP contribution is 2.30. The second-order valence-corrected chi connectivity index (χ2v) is 7.70. The predicted molar refractivity (Wildman–Crippen MR) is 89.2 cm³/mol. The lowest BCUT2D eigenvalue weighted by molar-refractivity contribution is 0.604. The van der Waals surface area contributed by atoms with Crippen LogP contribution in [0.5, 0.6) is 0 Å². The van der Waals surface area contributed by atoms with Crippen molar-refractivity contribution in [1.82, 2.24) is 0 Å². The Morgan fingerprint density at radius 3 is 2.55 bits per heavy atom. The van der Waals surface area contributed by atoms with E-state index in [0.717, 1.165) is 16.7 Å². The van der Waals surface area contributed by atoms with Gasteiger partial charge in [0.2, 0.25) is 0 Å². The fraction of sp³-hybridized carbons (Fsp3) is 0.312. The highest BCUT2D eigenvalue weighted by atomic mass is 79.9. The van der Waals surface area contributed by atoms with Gasteiger partial charge in [0.1, 0.15) is 0 Å². The Hall–Kier alpha value is -1.31. The van der Waals surface area contributed by atoms with Crippen LogP contribution in [0.4, 0.5) is 5.69 Å². The first-order valence-corrected chi connectivity index (χ1v) is 8.04. The van der Waals surface area contributed by atoms with Gasteiger partial charge in [0.25, 0.3) is 0 Å². The van der Waals surface area contributed by atoms with E-state index in [-0.39, 0.29) is 5.41 Å². The molecule has 0 fully saturated rings. The molecule has 0 radical (unpaired) electrons. The minimum atomic E-state index is 0.206. The molecule has 0 amide bonds. The van der Waals surface area contributed by atoms with Gasteiger partial charge >= 0.3 is 0 Å². The Balaban J connectivity index is 2.06. The molecule has 1 aromatic heterocycles. The summed E-state index contributed by atoms with van der Waals surface area (Å²) in [4.78, 5) is 2.71. The van der Waals surface area contributed by atoms with E-state index < -0.39 is 0 Å². The van der Waals surface area contributed by atoms with Crippen molar-refractivity contribution in [3.05, 3.63) is 50.1 Å². The molecule has 0 aliphatic heterocycles. The minimum Gasteiger partial charge on any atom is -0.379 e. The van der Waals surface area contributed by atoms with Gasteiger partial charge in [-0.2, -0.15) is 5.26 Å². The zero-order valence-corrected chi connectivity index (χ0v) is 14.2. The van der Waals surface area contributed by atoms with E-state index in [1.165, 1.54) is 9.75 Å². The number of benzene rings is 1. The first-order valence-electron chi connectivity index (χ1n) is 6.43. The maximum Gasteiger partial charge on any atom is 0.0992 e. The number of nitriles is 1. The Bertz CT molecular complexity index is 647. The van der Waals surface area contributed by atoms with E-state index in [1.54, 1.807) is 0 Å². The number of rotatable bonds is 3. The van der Waals surface area contributed by atoms with Gasteiger partial charge < -0.3 is 5.32 Å². The molecule has 1 heterocycles. The third kappa shape index (κ3) is 3.62. The van der Waals surface area contributed by atoms with E-state index in [1.807, 2.05) is 29.5 Å². The molecular formula is C16H17BrN2S. The summed E-state index contributed by atoms with van der Waals surface area (Å²) in [7, 11) is 0. The van der Waals surface area contributed by atoms with Crippen LogP contribution in [0, 0.1) is 11.3 Å². The number of thiophene rings is 1. The van der Waals surface area contributed by atoms with E-state index in [0.29, 0.717) is 5.56 Å². The van der Waals surface area contributed by atoms with Crippen LogP contribution in [-0.2, 0) is 12.0 Å². The van der Waals surface area contributed by atoms with E-state index in [2.05, 4.69) is 60.2 Å². The molecule has 0 aliphatic rings. The first-order chi connectivity index (χ1) is 9.40. The van der Waals surface area contributed by atoms with Gasteiger partial charge in [0.05, 0.1) is 11.6 Å². The maximum atomic E-state index is 8.85. The third-order valence-corrected chi connectivity index (χ3v) is 5.12. The van der Waals surface area contributed by atoms with Crippen molar-refractivity contribution in [2.75, 3.05) is 5.32 Å². The number of anilines is 1. The molecule has 0 unspecified atom stereocenters. The first kappa shape index (κ1) is 15.1. The normalized spacial score (nSPS) is 11.2. The summed E-state index contributed by atoms with van der Waals surface area (Å²) in [5.74, 6) is 0. The molecule has 1 aromatic carbocycles. The summed E-state index contributed by atoms with van der Waals surface area (Å²) in [5.41, 5.74) is 1.88. The van der Waals surface area contributed by atoms with Gasteiger partial charge in [0, 0.05) is 26.5 Å². The zero-order chi connectivity index (χ0) is 14.8. The number of halogens is 1. The molecule has 2 nitrogen and oxygen atoms in total. The van der Waals surface area contributed by atoms with Gasteiger partial charge in [0.15, 0.2) is 0 Å². The van der Waals surface area contributed by atoms with Crippen LogP contribution in [-0.4, -0.2) is 0 Å². The lowest BCUT2D eigenvalue weighted by Crippen LogP contribution is -2.07. The smallest absolute Gasteiger partial charge is 0.0992 e.